The summed E-state index contributed by atoms with van der Waals surface area (Å²) in [4.78, 5) is 19.3. The first-order valence-corrected chi connectivity index (χ1v) is 8.25. The Balaban J connectivity index is 1.97. The monoisotopic (exact) mass is 358 g/mol. The number of carbonyl (C=O) groups excluding carboxylic acids is 1. The summed E-state index contributed by atoms with van der Waals surface area (Å²) in [6.07, 6.45) is 1.34. The van der Waals surface area contributed by atoms with Gasteiger partial charge in [0.25, 0.3) is 0 Å². The average Bonchev–Trinajstić information content (AvgIpc) is 2.98. The van der Waals surface area contributed by atoms with Crippen LogP contribution in [-0.4, -0.2) is 49.4 Å². The molecule has 0 bridgehead atoms. The predicted octanol–water partition coefficient (Wildman–Crippen LogP) is 3.37. The third kappa shape index (κ3) is 4.83. The molecule has 0 saturated carbocycles. The van der Waals surface area contributed by atoms with Crippen LogP contribution in [0.2, 0.25) is 10.0 Å². The van der Waals surface area contributed by atoms with Gasteiger partial charge in [-0.25, -0.2) is 0 Å². The first-order valence-electron chi connectivity index (χ1n) is 7.50. The maximum atomic E-state index is 12.0. The molecule has 1 aliphatic rings. The molecule has 5 nitrogen and oxygen atoms in total. The molecule has 0 radical (unpaired) electrons. The Morgan fingerprint density at radius 1 is 1.43 bits per heavy atom. The molecule has 1 unspecified atom stereocenters. The number of methoxy groups -OCH3 is 1. The molecule has 1 amide bonds. The van der Waals surface area contributed by atoms with E-state index in [9.17, 15) is 4.79 Å². The summed E-state index contributed by atoms with van der Waals surface area (Å²) in [5.74, 6) is -0.0408. The van der Waals surface area contributed by atoms with Crippen molar-refractivity contribution in [1.82, 2.24) is 4.90 Å². The van der Waals surface area contributed by atoms with E-state index in [4.69, 9.17) is 32.8 Å². The molecule has 23 heavy (non-hydrogen) atoms. The summed E-state index contributed by atoms with van der Waals surface area (Å²) in [6.45, 7) is 3.27. The summed E-state index contributed by atoms with van der Waals surface area (Å²) >= 11 is 12.0. The normalized spacial score (nSPS) is 16.9. The van der Waals surface area contributed by atoms with E-state index in [0.29, 0.717) is 29.6 Å². The van der Waals surface area contributed by atoms with E-state index in [0.717, 1.165) is 17.7 Å². The second-order valence-electron chi connectivity index (χ2n) is 5.37. The van der Waals surface area contributed by atoms with Crippen LogP contribution in [0.1, 0.15) is 25.3 Å². The Hall–Kier alpha value is -1.30. The minimum atomic E-state index is -0.160. The van der Waals surface area contributed by atoms with Gasteiger partial charge in [-0.3, -0.25) is 4.79 Å². The van der Waals surface area contributed by atoms with Gasteiger partial charge in [-0.2, -0.15) is 0 Å². The number of hydrogen-bond donors (Lipinski definition) is 0. The number of amides is 1. The van der Waals surface area contributed by atoms with Crippen molar-refractivity contribution in [2.45, 2.75) is 25.9 Å². The van der Waals surface area contributed by atoms with Crippen molar-refractivity contribution in [3.63, 3.8) is 0 Å². The van der Waals surface area contributed by atoms with Crippen molar-refractivity contribution in [2.75, 3.05) is 26.8 Å². The van der Waals surface area contributed by atoms with Crippen LogP contribution in [0.15, 0.2) is 23.4 Å². The quantitative estimate of drug-likeness (QED) is 0.750. The van der Waals surface area contributed by atoms with Crippen LogP contribution < -0.4 is 0 Å². The number of oxime groups is 1. The van der Waals surface area contributed by atoms with Gasteiger partial charge in [0.15, 0.2) is 6.10 Å². The van der Waals surface area contributed by atoms with Crippen LogP contribution in [0.25, 0.3) is 0 Å². The maximum Gasteiger partial charge on any atom is 0.248 e. The molecule has 1 aliphatic heterocycles. The Labute approximate surface area is 146 Å². The molecule has 7 heteroatoms. The Bertz CT molecular complexity index is 593. The minimum Gasteiger partial charge on any atom is -0.390 e. The zero-order valence-corrected chi connectivity index (χ0v) is 14.7. The van der Waals surface area contributed by atoms with Crippen molar-refractivity contribution in [1.29, 1.82) is 0 Å². The molecule has 2 rings (SSSR count). The Morgan fingerprint density at radius 3 is 2.87 bits per heavy atom. The predicted molar refractivity (Wildman–Crippen MR) is 91.2 cm³/mol. The van der Waals surface area contributed by atoms with Crippen LogP contribution in [0.5, 0.6) is 0 Å². The lowest BCUT2D eigenvalue weighted by atomic mass is 10.0. The van der Waals surface area contributed by atoms with Crippen LogP contribution in [0.4, 0.5) is 0 Å². The molecule has 1 aromatic carbocycles. The fourth-order valence-electron chi connectivity index (χ4n) is 2.42. The van der Waals surface area contributed by atoms with E-state index < -0.39 is 0 Å². The maximum absolute atomic E-state index is 12.0. The number of rotatable bonds is 7. The van der Waals surface area contributed by atoms with Crippen LogP contribution >= 0.6 is 23.2 Å². The van der Waals surface area contributed by atoms with Crippen molar-refractivity contribution < 1.29 is 14.4 Å². The fraction of sp³-hybridized carbons (Fsp3) is 0.500. The summed E-state index contributed by atoms with van der Waals surface area (Å²) in [7, 11) is 1.51. The van der Waals surface area contributed by atoms with Gasteiger partial charge in [0.2, 0.25) is 5.91 Å². The van der Waals surface area contributed by atoms with Gasteiger partial charge in [0, 0.05) is 25.6 Å². The molecular formula is C16H20Cl2N2O3. The second-order valence-corrected chi connectivity index (χ2v) is 6.19. The number of halogens is 2. The third-order valence-corrected chi connectivity index (χ3v) is 4.26. The highest BCUT2D eigenvalue weighted by molar-refractivity contribution is 6.42. The highest BCUT2D eigenvalue weighted by Gasteiger charge is 2.26. The van der Waals surface area contributed by atoms with E-state index >= 15 is 0 Å². The van der Waals surface area contributed by atoms with Gasteiger partial charge in [0.1, 0.15) is 6.61 Å². The average molecular weight is 359 g/mol. The Kier molecular flexibility index (Phi) is 6.69. The van der Waals surface area contributed by atoms with E-state index in [-0.39, 0.29) is 18.6 Å². The van der Waals surface area contributed by atoms with Crippen LogP contribution in [0, 0.1) is 0 Å². The summed E-state index contributed by atoms with van der Waals surface area (Å²) in [5.41, 5.74) is 1.69. The number of ether oxygens (including phenoxy) is 1. The number of nitrogens with zero attached hydrogens (tertiary/aromatic N) is 2. The molecule has 1 heterocycles. The lowest BCUT2D eigenvalue weighted by Gasteiger charge is -2.24. The molecule has 0 spiro atoms. The highest BCUT2D eigenvalue weighted by Crippen LogP contribution is 2.25. The van der Waals surface area contributed by atoms with E-state index in [2.05, 4.69) is 5.16 Å². The molecule has 0 N–H and O–H groups in total. The van der Waals surface area contributed by atoms with Gasteiger partial charge in [-0.05, 0) is 18.6 Å². The molecule has 0 fully saturated rings. The van der Waals surface area contributed by atoms with E-state index in [1.165, 1.54) is 7.11 Å². The zero-order valence-electron chi connectivity index (χ0n) is 13.2. The summed E-state index contributed by atoms with van der Waals surface area (Å²) < 4.78 is 4.92. The zero-order chi connectivity index (χ0) is 16.8. The van der Waals surface area contributed by atoms with Gasteiger partial charge in [-0.15, -0.1) is 0 Å². The van der Waals surface area contributed by atoms with Crippen molar-refractivity contribution in [3.05, 3.63) is 33.8 Å². The molecule has 1 aromatic rings. The largest absolute Gasteiger partial charge is 0.390 e. The third-order valence-electron chi connectivity index (χ3n) is 3.52. The van der Waals surface area contributed by atoms with Gasteiger partial charge in [-0.1, -0.05) is 41.3 Å². The SMILES string of the molecule is CCCN(CC1CC(c2ccc(Cl)c(Cl)c2)=NO1)C(=O)COC. The molecule has 1 atom stereocenters. The van der Waals surface area contributed by atoms with Gasteiger partial charge < -0.3 is 14.5 Å². The van der Waals surface area contributed by atoms with Crippen LogP contribution in [-0.2, 0) is 14.4 Å². The van der Waals surface area contributed by atoms with E-state index in [1.54, 1.807) is 17.0 Å². The smallest absolute Gasteiger partial charge is 0.248 e. The minimum absolute atomic E-state index is 0.0408. The molecule has 0 saturated heterocycles. The Morgan fingerprint density at radius 2 is 2.22 bits per heavy atom. The van der Waals surface area contributed by atoms with Crippen molar-refractivity contribution >= 4 is 34.8 Å². The first kappa shape index (κ1) is 18.0. The number of carbonyl (C=O) groups is 1. The second kappa shape index (κ2) is 8.52. The first-order chi connectivity index (χ1) is 11.0. The van der Waals surface area contributed by atoms with Gasteiger partial charge >= 0.3 is 0 Å². The fourth-order valence-corrected chi connectivity index (χ4v) is 2.72. The summed E-state index contributed by atoms with van der Waals surface area (Å²) in [6, 6.07) is 5.37. The molecule has 0 aliphatic carbocycles. The topological polar surface area (TPSA) is 51.1 Å². The molecule has 126 valence electrons. The molecule has 0 aromatic heterocycles. The van der Waals surface area contributed by atoms with Crippen LogP contribution in [0.3, 0.4) is 0 Å². The van der Waals surface area contributed by atoms with Gasteiger partial charge in [0.05, 0.1) is 22.3 Å². The highest BCUT2D eigenvalue weighted by atomic mass is 35.5. The van der Waals surface area contributed by atoms with Crippen molar-refractivity contribution in [2.24, 2.45) is 5.16 Å². The molecular weight excluding hydrogens is 339 g/mol. The number of hydrogen-bond acceptors (Lipinski definition) is 4. The summed E-state index contributed by atoms with van der Waals surface area (Å²) in [5, 5.41) is 5.11. The lowest BCUT2D eigenvalue weighted by Crippen LogP contribution is -2.40. The van der Waals surface area contributed by atoms with E-state index in [1.807, 2.05) is 13.0 Å². The lowest BCUT2D eigenvalue weighted by molar-refractivity contribution is -0.136. The van der Waals surface area contributed by atoms with Crippen molar-refractivity contribution in [3.8, 4) is 0 Å². The number of benzene rings is 1. The standard InChI is InChI=1S/C16H20Cl2N2O3/c1-3-6-20(16(21)10-22-2)9-12-8-15(19-23-12)11-4-5-13(17)14(18)7-11/h4-5,7,12H,3,6,8-10H2,1-2H3.